The van der Waals surface area contributed by atoms with Crippen molar-refractivity contribution in [1.29, 1.82) is 0 Å². The van der Waals surface area contributed by atoms with E-state index in [1.54, 1.807) is 24.3 Å². The number of hydrogen-bond acceptors (Lipinski definition) is 3. The summed E-state index contributed by atoms with van der Waals surface area (Å²) in [6.07, 6.45) is -4.39. The quantitative estimate of drug-likeness (QED) is 0.921. The van der Waals surface area contributed by atoms with E-state index in [1.165, 1.54) is 0 Å². The van der Waals surface area contributed by atoms with Crippen LogP contribution in [0.5, 0.6) is 0 Å². The Kier molecular flexibility index (Phi) is 4.21. The molecule has 0 atom stereocenters. The van der Waals surface area contributed by atoms with Gasteiger partial charge in [-0.25, -0.2) is 4.98 Å². The van der Waals surface area contributed by atoms with Gasteiger partial charge >= 0.3 is 6.18 Å². The number of halogens is 3. The highest BCUT2D eigenvalue weighted by Crippen LogP contribution is 2.37. The zero-order valence-corrected chi connectivity index (χ0v) is 11.1. The van der Waals surface area contributed by atoms with E-state index >= 15 is 0 Å². The van der Waals surface area contributed by atoms with Gasteiger partial charge < -0.3 is 5.32 Å². The molecular formula is C13H13F3N2S. The Hall–Kier alpha value is -1.40. The minimum Gasteiger partial charge on any atom is -0.312 e. The number of hydrogen-bond donors (Lipinski definition) is 1. The molecule has 1 aromatic heterocycles. The highest BCUT2D eigenvalue weighted by atomic mass is 32.1. The molecule has 2 nitrogen and oxygen atoms in total. The Morgan fingerprint density at radius 3 is 2.47 bits per heavy atom. The molecule has 19 heavy (non-hydrogen) atoms. The first kappa shape index (κ1) is 14.0. The Balaban J connectivity index is 2.43. The first-order valence-electron chi connectivity index (χ1n) is 5.85. The van der Waals surface area contributed by atoms with Crippen LogP contribution in [0.15, 0.2) is 30.3 Å². The molecule has 1 heterocycles. The van der Waals surface area contributed by atoms with Gasteiger partial charge in [0.25, 0.3) is 0 Å². The van der Waals surface area contributed by atoms with Crippen molar-refractivity contribution in [2.75, 3.05) is 6.54 Å². The van der Waals surface area contributed by atoms with Crippen molar-refractivity contribution in [3.63, 3.8) is 0 Å². The standard InChI is InChI=1S/C13H13F3N2S/c1-2-17-8-10-11(9-6-4-3-5-7-9)18-12(19-10)13(14,15)16/h3-7,17H,2,8H2,1H3. The number of benzene rings is 1. The van der Waals surface area contributed by atoms with Crippen LogP contribution in [0.25, 0.3) is 11.3 Å². The van der Waals surface area contributed by atoms with Crippen LogP contribution in [-0.2, 0) is 12.7 Å². The Labute approximate surface area is 113 Å². The van der Waals surface area contributed by atoms with Crippen LogP contribution in [-0.4, -0.2) is 11.5 Å². The van der Waals surface area contributed by atoms with E-state index in [2.05, 4.69) is 10.3 Å². The summed E-state index contributed by atoms with van der Waals surface area (Å²) in [6.45, 7) is 3.01. The predicted molar refractivity (Wildman–Crippen MR) is 69.9 cm³/mol. The third-order valence-electron chi connectivity index (χ3n) is 2.52. The zero-order chi connectivity index (χ0) is 13.9. The molecule has 0 spiro atoms. The number of aromatic nitrogens is 1. The second-order valence-electron chi connectivity index (χ2n) is 3.93. The lowest BCUT2D eigenvalue weighted by atomic mass is 10.1. The lowest BCUT2D eigenvalue weighted by molar-refractivity contribution is -0.137. The number of nitrogens with zero attached hydrogens (tertiary/aromatic N) is 1. The molecule has 1 aromatic carbocycles. The molecule has 2 rings (SSSR count). The van der Waals surface area contributed by atoms with E-state index in [0.29, 0.717) is 40.6 Å². The van der Waals surface area contributed by atoms with Crippen molar-refractivity contribution in [2.45, 2.75) is 19.6 Å². The van der Waals surface area contributed by atoms with Crippen molar-refractivity contribution in [3.8, 4) is 11.3 Å². The fourth-order valence-electron chi connectivity index (χ4n) is 1.65. The van der Waals surface area contributed by atoms with Crippen molar-refractivity contribution >= 4 is 11.3 Å². The van der Waals surface area contributed by atoms with Gasteiger partial charge in [-0.05, 0) is 6.54 Å². The monoisotopic (exact) mass is 286 g/mol. The van der Waals surface area contributed by atoms with Crippen molar-refractivity contribution in [1.82, 2.24) is 10.3 Å². The number of alkyl halides is 3. The molecule has 6 heteroatoms. The highest BCUT2D eigenvalue weighted by Gasteiger charge is 2.36. The van der Waals surface area contributed by atoms with Gasteiger partial charge in [-0.1, -0.05) is 37.3 Å². The highest BCUT2D eigenvalue weighted by molar-refractivity contribution is 7.12. The second kappa shape index (κ2) is 5.71. The molecule has 0 aliphatic carbocycles. The number of thiazole rings is 1. The average molecular weight is 286 g/mol. The van der Waals surface area contributed by atoms with Crippen LogP contribution in [0.2, 0.25) is 0 Å². The van der Waals surface area contributed by atoms with Crippen LogP contribution >= 0.6 is 11.3 Å². The molecule has 0 amide bonds. The molecule has 2 aromatic rings. The minimum absolute atomic E-state index is 0.397. The van der Waals surface area contributed by atoms with E-state index in [1.807, 2.05) is 13.0 Å². The topological polar surface area (TPSA) is 24.9 Å². The molecule has 1 N–H and O–H groups in total. The first-order chi connectivity index (χ1) is 9.02. The van der Waals surface area contributed by atoms with Crippen molar-refractivity contribution in [2.24, 2.45) is 0 Å². The van der Waals surface area contributed by atoms with E-state index in [0.717, 1.165) is 0 Å². The van der Waals surface area contributed by atoms with Gasteiger partial charge in [0.05, 0.1) is 5.69 Å². The fourth-order valence-corrected chi connectivity index (χ4v) is 2.57. The molecule has 102 valence electrons. The number of nitrogens with one attached hydrogen (secondary N) is 1. The van der Waals surface area contributed by atoms with Gasteiger partial charge in [0.1, 0.15) is 0 Å². The molecule has 0 saturated heterocycles. The third kappa shape index (κ3) is 3.33. The summed E-state index contributed by atoms with van der Waals surface area (Å²) in [6, 6.07) is 8.94. The lowest BCUT2D eigenvalue weighted by Gasteiger charge is -2.02. The van der Waals surface area contributed by atoms with Gasteiger partial charge in [0.15, 0.2) is 5.01 Å². The Bertz CT molecular complexity index is 535. The van der Waals surface area contributed by atoms with Gasteiger partial charge in [-0.15, -0.1) is 11.3 Å². The Morgan fingerprint density at radius 1 is 1.21 bits per heavy atom. The third-order valence-corrected chi connectivity index (χ3v) is 3.62. The van der Waals surface area contributed by atoms with Crippen LogP contribution in [0.1, 0.15) is 16.8 Å². The second-order valence-corrected chi connectivity index (χ2v) is 5.02. The van der Waals surface area contributed by atoms with E-state index < -0.39 is 11.2 Å². The molecule has 0 unspecified atom stereocenters. The predicted octanol–water partition coefficient (Wildman–Crippen LogP) is 3.94. The largest absolute Gasteiger partial charge is 0.443 e. The van der Waals surface area contributed by atoms with E-state index in [4.69, 9.17) is 0 Å². The summed E-state index contributed by atoms with van der Waals surface area (Å²) in [7, 11) is 0. The van der Waals surface area contributed by atoms with Crippen molar-refractivity contribution < 1.29 is 13.2 Å². The van der Waals surface area contributed by atoms with Crippen LogP contribution in [0.4, 0.5) is 13.2 Å². The molecule has 0 radical (unpaired) electrons. The molecule has 0 aliphatic heterocycles. The smallest absolute Gasteiger partial charge is 0.312 e. The van der Waals surface area contributed by atoms with Gasteiger partial charge in [0, 0.05) is 17.0 Å². The average Bonchev–Trinajstić information content (AvgIpc) is 2.81. The Morgan fingerprint density at radius 2 is 1.89 bits per heavy atom. The van der Waals surface area contributed by atoms with Crippen molar-refractivity contribution in [3.05, 3.63) is 40.2 Å². The lowest BCUT2D eigenvalue weighted by Crippen LogP contribution is -2.11. The summed E-state index contributed by atoms with van der Waals surface area (Å²) in [5.41, 5.74) is 1.13. The van der Waals surface area contributed by atoms with Gasteiger partial charge in [-0.2, -0.15) is 13.2 Å². The zero-order valence-electron chi connectivity index (χ0n) is 10.3. The summed E-state index contributed by atoms with van der Waals surface area (Å²) < 4.78 is 38.2. The normalized spacial score (nSPS) is 11.8. The molecule has 0 aliphatic rings. The van der Waals surface area contributed by atoms with E-state index in [9.17, 15) is 13.2 Å². The van der Waals surface area contributed by atoms with Gasteiger partial charge in [0.2, 0.25) is 0 Å². The summed E-state index contributed by atoms with van der Waals surface area (Å²) in [4.78, 5) is 4.37. The number of rotatable bonds is 4. The fraction of sp³-hybridized carbons (Fsp3) is 0.308. The van der Waals surface area contributed by atoms with Crippen LogP contribution in [0, 0.1) is 0 Å². The summed E-state index contributed by atoms with van der Waals surface area (Å²) in [5.74, 6) is 0. The summed E-state index contributed by atoms with van der Waals surface area (Å²) >= 11 is 0.703. The van der Waals surface area contributed by atoms with Crippen LogP contribution in [0.3, 0.4) is 0 Å². The maximum Gasteiger partial charge on any atom is 0.443 e. The molecule has 0 fully saturated rings. The molecule has 0 saturated carbocycles. The maximum atomic E-state index is 12.7. The minimum atomic E-state index is -4.39. The SMILES string of the molecule is CCNCc1sc(C(F)(F)F)nc1-c1ccccc1. The first-order valence-corrected chi connectivity index (χ1v) is 6.67. The molecule has 0 bridgehead atoms. The summed E-state index contributed by atoms with van der Waals surface area (Å²) in [5, 5.41) is 2.25. The maximum absolute atomic E-state index is 12.7. The van der Waals surface area contributed by atoms with E-state index in [-0.39, 0.29) is 0 Å². The molecular weight excluding hydrogens is 273 g/mol. The van der Waals surface area contributed by atoms with Crippen LogP contribution < -0.4 is 5.32 Å². The van der Waals surface area contributed by atoms with Gasteiger partial charge in [-0.3, -0.25) is 0 Å².